The molecule has 8 heteroatoms. The van der Waals surface area contributed by atoms with Gasteiger partial charge in [-0.3, -0.25) is 0 Å². The molecular formula is C28H34N4O3S. The number of anilines is 1. The van der Waals surface area contributed by atoms with Gasteiger partial charge >= 0.3 is 5.97 Å². The highest BCUT2D eigenvalue weighted by Crippen LogP contribution is 2.40. The van der Waals surface area contributed by atoms with Gasteiger partial charge in [0.25, 0.3) is 0 Å². The van der Waals surface area contributed by atoms with Gasteiger partial charge in [0.15, 0.2) is 0 Å². The summed E-state index contributed by atoms with van der Waals surface area (Å²) in [5.74, 6) is 1.78. The molecule has 4 rings (SSSR count). The van der Waals surface area contributed by atoms with Gasteiger partial charge in [0.1, 0.15) is 18.4 Å². The summed E-state index contributed by atoms with van der Waals surface area (Å²) in [6.45, 7) is 11.0. The maximum atomic E-state index is 12.9. The van der Waals surface area contributed by atoms with E-state index in [-0.39, 0.29) is 5.41 Å². The lowest BCUT2D eigenvalue weighted by Crippen LogP contribution is -2.29. The van der Waals surface area contributed by atoms with Crippen molar-refractivity contribution in [2.45, 2.75) is 64.3 Å². The topological polar surface area (TPSA) is 78.3 Å². The van der Waals surface area contributed by atoms with Crippen LogP contribution in [0.25, 0.3) is 0 Å². The average Bonchev–Trinajstić information content (AvgIpc) is 3.27. The molecule has 7 nitrogen and oxygen atoms in total. The third-order valence-electron chi connectivity index (χ3n) is 6.10. The second-order valence-electron chi connectivity index (χ2n) is 9.84. The smallest absolute Gasteiger partial charge is 0.338 e. The summed E-state index contributed by atoms with van der Waals surface area (Å²) in [6.07, 6.45) is 1.02. The molecule has 0 fully saturated rings. The zero-order chi connectivity index (χ0) is 25.9. The molecule has 0 bridgehead atoms. The molecule has 3 aromatic rings. The van der Waals surface area contributed by atoms with Crippen LogP contribution in [0.1, 0.15) is 63.8 Å². The molecule has 0 spiro atoms. The summed E-state index contributed by atoms with van der Waals surface area (Å²) in [4.78, 5) is 17.6. The average molecular weight is 507 g/mol. The molecule has 1 aliphatic rings. The number of allylic oxidation sites excluding steroid dienone is 1. The van der Waals surface area contributed by atoms with Crippen molar-refractivity contribution in [1.82, 2.24) is 14.8 Å². The monoisotopic (exact) mass is 506 g/mol. The van der Waals surface area contributed by atoms with Crippen LogP contribution in [0.15, 0.2) is 65.0 Å². The number of carbonyl (C=O) groups is 1. The summed E-state index contributed by atoms with van der Waals surface area (Å²) in [5, 5.41) is 8.65. The van der Waals surface area contributed by atoms with Gasteiger partial charge in [-0.05, 0) is 36.0 Å². The zero-order valence-electron chi connectivity index (χ0n) is 21.8. The molecule has 1 aliphatic heterocycles. The number of ether oxygens (including phenoxy) is 2. The van der Waals surface area contributed by atoms with E-state index in [1.165, 1.54) is 12.7 Å². The number of esters is 1. The fourth-order valence-corrected chi connectivity index (χ4v) is 4.83. The van der Waals surface area contributed by atoms with Crippen molar-refractivity contribution in [1.29, 1.82) is 0 Å². The first-order valence-corrected chi connectivity index (χ1v) is 13.2. The quantitative estimate of drug-likeness (QED) is 0.291. The van der Waals surface area contributed by atoms with Crippen LogP contribution in [0.4, 0.5) is 5.95 Å². The Morgan fingerprint density at radius 1 is 1.14 bits per heavy atom. The maximum absolute atomic E-state index is 12.9. The maximum Gasteiger partial charge on any atom is 0.338 e. The fraction of sp³-hybridized carbons (Fsp3) is 0.393. The molecule has 2 heterocycles. The van der Waals surface area contributed by atoms with E-state index in [9.17, 15) is 4.79 Å². The van der Waals surface area contributed by atoms with Gasteiger partial charge in [0, 0.05) is 17.0 Å². The van der Waals surface area contributed by atoms with E-state index in [4.69, 9.17) is 14.6 Å². The summed E-state index contributed by atoms with van der Waals surface area (Å²) < 4.78 is 13.2. The number of aromatic nitrogens is 3. The Morgan fingerprint density at radius 2 is 1.86 bits per heavy atom. The molecule has 0 amide bonds. The molecule has 2 aromatic carbocycles. The minimum absolute atomic E-state index is 0.0965. The first-order chi connectivity index (χ1) is 17.2. The van der Waals surface area contributed by atoms with Crippen LogP contribution in [0.5, 0.6) is 5.75 Å². The lowest BCUT2D eigenvalue weighted by atomic mass is 9.87. The largest absolute Gasteiger partial charge is 0.489 e. The zero-order valence-corrected chi connectivity index (χ0v) is 22.6. The van der Waals surface area contributed by atoms with Gasteiger partial charge in [0.2, 0.25) is 11.1 Å². The van der Waals surface area contributed by atoms with E-state index in [1.807, 2.05) is 31.2 Å². The van der Waals surface area contributed by atoms with Crippen LogP contribution in [-0.2, 0) is 21.6 Å². The molecule has 0 radical (unpaired) electrons. The second kappa shape index (κ2) is 10.8. The lowest BCUT2D eigenvalue weighted by Gasteiger charge is -2.29. The van der Waals surface area contributed by atoms with Crippen molar-refractivity contribution in [2.24, 2.45) is 0 Å². The van der Waals surface area contributed by atoms with Crippen LogP contribution >= 0.6 is 11.8 Å². The summed E-state index contributed by atoms with van der Waals surface area (Å²) in [7, 11) is 1.39. The molecule has 0 saturated carbocycles. The highest BCUT2D eigenvalue weighted by molar-refractivity contribution is 7.99. The van der Waals surface area contributed by atoms with E-state index in [2.05, 4.69) is 62.3 Å². The number of carbonyl (C=O) groups excluding carboxylic acids is 1. The molecule has 190 valence electrons. The Morgan fingerprint density at radius 3 is 2.53 bits per heavy atom. The number of hydrogen-bond donors (Lipinski definition) is 1. The van der Waals surface area contributed by atoms with E-state index in [1.54, 1.807) is 16.4 Å². The van der Waals surface area contributed by atoms with Gasteiger partial charge in [-0.2, -0.15) is 4.98 Å². The van der Waals surface area contributed by atoms with Gasteiger partial charge in [-0.1, -0.05) is 81.9 Å². The highest BCUT2D eigenvalue weighted by Gasteiger charge is 2.36. The minimum atomic E-state index is -0.531. The van der Waals surface area contributed by atoms with Crippen LogP contribution < -0.4 is 10.1 Å². The number of para-hydroxylation sites is 1. The first-order valence-electron chi connectivity index (χ1n) is 12.2. The number of methoxy groups -OCH3 is 1. The minimum Gasteiger partial charge on any atom is -0.489 e. The van der Waals surface area contributed by atoms with Gasteiger partial charge in [-0.15, -0.1) is 5.10 Å². The first kappa shape index (κ1) is 25.8. The van der Waals surface area contributed by atoms with Crippen LogP contribution in [0, 0.1) is 0 Å². The Bertz CT molecular complexity index is 1260. The third kappa shape index (κ3) is 5.43. The summed E-state index contributed by atoms with van der Waals surface area (Å²) in [6, 6.07) is 15.7. The Labute approximate surface area is 217 Å². The molecule has 1 aromatic heterocycles. The van der Waals surface area contributed by atoms with Gasteiger partial charge < -0.3 is 14.8 Å². The Kier molecular flexibility index (Phi) is 7.73. The molecule has 1 atom stereocenters. The van der Waals surface area contributed by atoms with Crippen LogP contribution in [0.2, 0.25) is 0 Å². The predicted octanol–water partition coefficient (Wildman–Crippen LogP) is 6.12. The number of hydrogen-bond acceptors (Lipinski definition) is 7. The lowest BCUT2D eigenvalue weighted by molar-refractivity contribution is -0.136. The number of rotatable bonds is 8. The number of benzene rings is 2. The normalized spacial score (nSPS) is 15.3. The summed E-state index contributed by atoms with van der Waals surface area (Å²) >= 11 is 1.59. The van der Waals surface area contributed by atoms with Crippen LogP contribution in [-0.4, -0.2) is 33.6 Å². The standard InChI is InChI=1S/C28H34N4O3S/c1-7-16-36-27-30-26-29-18(2)23(25(33)34-6)24(32(26)31-27)21-10-8-9-11-22(21)35-17-19-12-14-20(15-13-19)28(3,4)5/h8-15,24H,7,16-17H2,1-6H3,(H,29,30,31). The molecule has 0 saturated heterocycles. The predicted molar refractivity (Wildman–Crippen MR) is 143 cm³/mol. The van der Waals surface area contributed by atoms with Crippen molar-refractivity contribution in [3.05, 3.63) is 76.5 Å². The van der Waals surface area contributed by atoms with Crippen molar-refractivity contribution in [3.63, 3.8) is 0 Å². The SMILES string of the molecule is CCCSc1nc2n(n1)C(c1ccccc1OCc1ccc(C(C)(C)C)cc1)C(C(=O)OC)=C(C)N2. The summed E-state index contributed by atoms with van der Waals surface area (Å²) in [5.41, 5.74) is 4.43. The molecule has 36 heavy (non-hydrogen) atoms. The van der Waals surface area contributed by atoms with E-state index < -0.39 is 12.0 Å². The number of nitrogens with zero attached hydrogens (tertiary/aromatic N) is 3. The molecule has 0 aliphatic carbocycles. The van der Waals surface area contributed by atoms with Crippen molar-refractivity contribution >= 4 is 23.7 Å². The van der Waals surface area contributed by atoms with E-state index in [0.29, 0.717) is 34.7 Å². The second-order valence-corrected chi connectivity index (χ2v) is 10.9. The molecular weight excluding hydrogens is 472 g/mol. The molecule has 1 N–H and O–H groups in total. The number of thioether (sulfide) groups is 1. The van der Waals surface area contributed by atoms with Gasteiger partial charge in [-0.25, -0.2) is 9.48 Å². The highest BCUT2D eigenvalue weighted by atomic mass is 32.2. The van der Waals surface area contributed by atoms with E-state index in [0.717, 1.165) is 23.3 Å². The Hall–Kier alpha value is -3.26. The van der Waals surface area contributed by atoms with Crippen LogP contribution in [0.3, 0.4) is 0 Å². The number of nitrogens with one attached hydrogen (secondary N) is 1. The molecule has 1 unspecified atom stereocenters. The fourth-order valence-electron chi connectivity index (χ4n) is 4.15. The van der Waals surface area contributed by atoms with Crippen molar-refractivity contribution in [3.8, 4) is 5.75 Å². The van der Waals surface area contributed by atoms with Crippen molar-refractivity contribution < 1.29 is 14.3 Å². The van der Waals surface area contributed by atoms with Crippen molar-refractivity contribution in [2.75, 3.05) is 18.2 Å². The number of fused-ring (bicyclic) bond motifs is 1. The van der Waals surface area contributed by atoms with Gasteiger partial charge in [0.05, 0.1) is 12.7 Å². The third-order valence-corrected chi connectivity index (χ3v) is 7.15. The van der Waals surface area contributed by atoms with E-state index >= 15 is 0 Å². The Balaban J connectivity index is 1.69.